The van der Waals surface area contributed by atoms with Crippen molar-refractivity contribution >= 4 is 11.6 Å². The summed E-state index contributed by atoms with van der Waals surface area (Å²) in [5, 5.41) is 2.78. The van der Waals surface area contributed by atoms with Crippen LogP contribution in [-0.2, 0) is 11.3 Å². The molecule has 1 heterocycles. The molecule has 0 spiro atoms. The summed E-state index contributed by atoms with van der Waals surface area (Å²) in [5.41, 5.74) is 2.33. The summed E-state index contributed by atoms with van der Waals surface area (Å²) in [7, 11) is 1.62. The first-order chi connectivity index (χ1) is 11.7. The van der Waals surface area contributed by atoms with E-state index in [-0.39, 0.29) is 17.5 Å². The fraction of sp³-hybridized carbons (Fsp3) is 0.105. The molecule has 0 aliphatic rings. The third-order valence-corrected chi connectivity index (χ3v) is 3.45. The van der Waals surface area contributed by atoms with Crippen LogP contribution in [0.3, 0.4) is 0 Å². The van der Waals surface area contributed by atoms with Gasteiger partial charge in [-0.25, -0.2) is 4.39 Å². The molecule has 3 aromatic rings. The maximum atomic E-state index is 13.0. The third kappa shape index (κ3) is 3.70. The van der Waals surface area contributed by atoms with Gasteiger partial charge in [-0.05, 0) is 54.1 Å². The number of hydrogen-bond acceptors (Lipinski definition) is 3. The monoisotopic (exact) mass is 325 g/mol. The minimum absolute atomic E-state index is 0.187. The van der Waals surface area contributed by atoms with E-state index >= 15 is 0 Å². The van der Waals surface area contributed by atoms with Crippen LogP contribution in [-0.4, -0.2) is 13.0 Å². The lowest BCUT2D eigenvalue weighted by Gasteiger charge is -2.06. The van der Waals surface area contributed by atoms with Crippen molar-refractivity contribution in [2.24, 2.45) is 0 Å². The van der Waals surface area contributed by atoms with Crippen LogP contribution in [0.25, 0.3) is 11.3 Å². The fourth-order valence-corrected chi connectivity index (χ4v) is 2.33. The molecule has 3 rings (SSSR count). The lowest BCUT2D eigenvalue weighted by molar-refractivity contribution is 0.0997. The molecule has 1 aromatic heterocycles. The molecule has 0 saturated heterocycles. The average molecular weight is 325 g/mol. The second-order valence-electron chi connectivity index (χ2n) is 5.26. The number of nitrogens with one attached hydrogen (secondary N) is 1. The molecule has 1 amide bonds. The van der Waals surface area contributed by atoms with E-state index < -0.39 is 0 Å². The Kier molecular flexibility index (Phi) is 4.72. The number of halogens is 1. The Balaban J connectivity index is 1.74. The van der Waals surface area contributed by atoms with Crippen LogP contribution in [0.5, 0.6) is 0 Å². The lowest BCUT2D eigenvalue weighted by atomic mass is 10.2. The Hall–Kier alpha value is -2.92. The summed E-state index contributed by atoms with van der Waals surface area (Å²) in [6.45, 7) is 0.471. The smallest absolute Gasteiger partial charge is 0.291 e. The molecule has 0 aliphatic heterocycles. The Morgan fingerprint density at radius 3 is 2.67 bits per heavy atom. The summed E-state index contributed by atoms with van der Waals surface area (Å²) in [5.74, 6) is 0.0249. The molecule has 122 valence electrons. The predicted molar refractivity (Wildman–Crippen MR) is 89.2 cm³/mol. The van der Waals surface area contributed by atoms with Crippen molar-refractivity contribution < 1.29 is 18.3 Å². The van der Waals surface area contributed by atoms with E-state index in [9.17, 15) is 9.18 Å². The number of benzene rings is 2. The molecule has 2 aromatic carbocycles. The van der Waals surface area contributed by atoms with Crippen molar-refractivity contribution in [3.05, 3.63) is 77.8 Å². The van der Waals surface area contributed by atoms with E-state index in [2.05, 4.69) is 5.32 Å². The molecule has 0 aliphatic carbocycles. The molecule has 0 saturated carbocycles. The predicted octanol–water partition coefficient (Wildman–Crippen LogP) is 4.48. The number of hydrogen-bond donors (Lipinski definition) is 1. The first-order valence-corrected chi connectivity index (χ1v) is 7.41. The first-order valence-electron chi connectivity index (χ1n) is 7.41. The largest absolute Gasteiger partial charge is 0.451 e. The van der Waals surface area contributed by atoms with Gasteiger partial charge in [0.25, 0.3) is 5.91 Å². The van der Waals surface area contributed by atoms with Gasteiger partial charge in [-0.2, -0.15) is 0 Å². The highest BCUT2D eigenvalue weighted by Gasteiger charge is 2.13. The Morgan fingerprint density at radius 2 is 1.92 bits per heavy atom. The van der Waals surface area contributed by atoms with Gasteiger partial charge < -0.3 is 14.5 Å². The van der Waals surface area contributed by atoms with Crippen molar-refractivity contribution in [1.82, 2.24) is 0 Å². The van der Waals surface area contributed by atoms with E-state index in [1.807, 2.05) is 18.2 Å². The molecule has 0 atom stereocenters. The van der Waals surface area contributed by atoms with Gasteiger partial charge in [0.05, 0.1) is 6.61 Å². The van der Waals surface area contributed by atoms with Gasteiger partial charge in [0.1, 0.15) is 11.6 Å². The SMILES string of the molecule is COCc1cccc(NC(=O)c2ccc(-c3ccc(F)cc3)o2)c1. The second kappa shape index (κ2) is 7.10. The van der Waals surface area contributed by atoms with Crippen LogP contribution in [0.15, 0.2) is 65.1 Å². The number of ether oxygens (including phenoxy) is 1. The topological polar surface area (TPSA) is 51.5 Å². The van der Waals surface area contributed by atoms with Crippen LogP contribution in [0.1, 0.15) is 16.1 Å². The van der Waals surface area contributed by atoms with Crippen LogP contribution >= 0.6 is 0 Å². The third-order valence-electron chi connectivity index (χ3n) is 3.45. The number of methoxy groups -OCH3 is 1. The van der Waals surface area contributed by atoms with Crippen molar-refractivity contribution in [2.75, 3.05) is 12.4 Å². The van der Waals surface area contributed by atoms with Crippen LogP contribution in [0.2, 0.25) is 0 Å². The molecule has 0 bridgehead atoms. The van der Waals surface area contributed by atoms with Crippen molar-refractivity contribution in [3.63, 3.8) is 0 Å². The Labute approximate surface area is 138 Å². The van der Waals surface area contributed by atoms with E-state index in [4.69, 9.17) is 9.15 Å². The zero-order valence-corrected chi connectivity index (χ0v) is 13.1. The number of carbonyl (C=O) groups is 1. The fourth-order valence-electron chi connectivity index (χ4n) is 2.33. The maximum absolute atomic E-state index is 13.0. The minimum Gasteiger partial charge on any atom is -0.451 e. The highest BCUT2D eigenvalue weighted by molar-refractivity contribution is 6.02. The highest BCUT2D eigenvalue weighted by Crippen LogP contribution is 2.23. The molecule has 24 heavy (non-hydrogen) atoms. The zero-order valence-electron chi connectivity index (χ0n) is 13.1. The van der Waals surface area contributed by atoms with E-state index in [1.54, 1.807) is 37.4 Å². The zero-order chi connectivity index (χ0) is 16.9. The van der Waals surface area contributed by atoms with Gasteiger partial charge in [-0.3, -0.25) is 4.79 Å². The van der Waals surface area contributed by atoms with Gasteiger partial charge in [0.15, 0.2) is 5.76 Å². The molecule has 0 radical (unpaired) electrons. The van der Waals surface area contributed by atoms with Gasteiger partial charge in [-0.15, -0.1) is 0 Å². The normalized spacial score (nSPS) is 10.6. The van der Waals surface area contributed by atoms with E-state index in [0.717, 1.165) is 5.56 Å². The van der Waals surface area contributed by atoms with Crippen molar-refractivity contribution in [1.29, 1.82) is 0 Å². The highest BCUT2D eigenvalue weighted by atomic mass is 19.1. The molecule has 0 fully saturated rings. The summed E-state index contributed by atoms with van der Waals surface area (Å²) in [6.07, 6.45) is 0. The quantitative estimate of drug-likeness (QED) is 0.752. The summed E-state index contributed by atoms with van der Waals surface area (Å²) in [6, 6.07) is 16.6. The van der Waals surface area contributed by atoms with Crippen molar-refractivity contribution in [2.45, 2.75) is 6.61 Å². The summed E-state index contributed by atoms with van der Waals surface area (Å²) in [4.78, 5) is 12.3. The van der Waals surface area contributed by atoms with Gasteiger partial charge in [0, 0.05) is 18.4 Å². The van der Waals surface area contributed by atoms with Crippen molar-refractivity contribution in [3.8, 4) is 11.3 Å². The van der Waals surface area contributed by atoms with E-state index in [0.29, 0.717) is 23.6 Å². The minimum atomic E-state index is -0.349. The number of anilines is 1. The standard InChI is InChI=1S/C19H16FNO3/c1-23-12-13-3-2-4-16(11-13)21-19(22)18-10-9-17(24-18)14-5-7-15(20)8-6-14/h2-11H,12H2,1H3,(H,21,22). The average Bonchev–Trinajstić information content (AvgIpc) is 3.06. The second-order valence-corrected chi connectivity index (χ2v) is 5.26. The Morgan fingerprint density at radius 1 is 1.12 bits per heavy atom. The Bertz CT molecular complexity index is 840. The molecule has 5 heteroatoms. The van der Waals surface area contributed by atoms with Gasteiger partial charge in [0.2, 0.25) is 0 Å². The molecular weight excluding hydrogens is 309 g/mol. The molecular formula is C19H16FNO3. The summed E-state index contributed by atoms with van der Waals surface area (Å²) < 4.78 is 23.6. The molecule has 4 nitrogen and oxygen atoms in total. The number of furan rings is 1. The lowest BCUT2D eigenvalue weighted by Crippen LogP contribution is -2.11. The number of amides is 1. The van der Waals surface area contributed by atoms with Crippen LogP contribution < -0.4 is 5.32 Å². The summed E-state index contributed by atoms with van der Waals surface area (Å²) >= 11 is 0. The van der Waals surface area contributed by atoms with Crippen LogP contribution in [0, 0.1) is 5.82 Å². The maximum Gasteiger partial charge on any atom is 0.291 e. The number of rotatable bonds is 5. The molecule has 1 N–H and O–H groups in total. The molecule has 0 unspecified atom stereocenters. The van der Waals surface area contributed by atoms with Gasteiger partial charge in [-0.1, -0.05) is 12.1 Å². The van der Waals surface area contributed by atoms with E-state index in [1.165, 1.54) is 12.1 Å². The number of carbonyl (C=O) groups excluding carboxylic acids is 1. The van der Waals surface area contributed by atoms with Crippen LogP contribution in [0.4, 0.5) is 10.1 Å². The van der Waals surface area contributed by atoms with Gasteiger partial charge >= 0.3 is 0 Å². The first kappa shape index (κ1) is 16.0.